The van der Waals surface area contributed by atoms with E-state index in [9.17, 15) is 0 Å². The highest BCUT2D eigenvalue weighted by Gasteiger charge is 2.25. The van der Waals surface area contributed by atoms with Gasteiger partial charge >= 0.3 is 0 Å². The predicted octanol–water partition coefficient (Wildman–Crippen LogP) is 9.19. The molecule has 5 aromatic rings. The number of nitrogens with zero attached hydrogens (tertiary/aromatic N) is 4. The second kappa shape index (κ2) is 11.1. The van der Waals surface area contributed by atoms with Crippen molar-refractivity contribution in [2.45, 2.75) is 80.1 Å². The fraction of sp³-hybridized carbons (Fsp3) is 0.333. The lowest BCUT2D eigenvalue weighted by molar-refractivity contribution is -0.660. The molecule has 0 aliphatic heterocycles. The topological polar surface area (TPSA) is 42.5 Å². The minimum atomic E-state index is -0.163. The van der Waals surface area contributed by atoms with Gasteiger partial charge in [0.25, 0.3) is 0 Å². The van der Waals surface area contributed by atoms with Gasteiger partial charge in [0.05, 0.1) is 0 Å². The highest BCUT2D eigenvalue weighted by molar-refractivity contribution is 5.80. The van der Waals surface area contributed by atoms with Crippen LogP contribution in [0, 0.1) is 27.7 Å². The maximum absolute atomic E-state index is 4.89. The van der Waals surface area contributed by atoms with Gasteiger partial charge in [0.2, 0.25) is 5.69 Å². The number of rotatable bonds is 4. The largest absolute Gasteiger partial charge is 0.217 e. The molecule has 220 valence electrons. The van der Waals surface area contributed by atoms with Crippen LogP contribution in [0.4, 0.5) is 0 Å². The predicted molar refractivity (Wildman–Crippen MR) is 179 cm³/mol. The standard InChI is InChI=1S/C39H45N4/c1-24-14-12-13-15-31(24)33-22-32(27(4)23-43(33)11)34-25(2)20-30(21-26(34)3)28-16-18-29(19-17-28)35-40-36(38(5,6)7)42-37(41-35)39(8,9)10/h12-23H,1-11H3/q+1. The van der Waals surface area contributed by atoms with Crippen molar-refractivity contribution < 1.29 is 4.57 Å². The molecule has 2 aromatic heterocycles. The van der Waals surface area contributed by atoms with Gasteiger partial charge in [-0.2, -0.15) is 0 Å². The minimum absolute atomic E-state index is 0.163. The summed E-state index contributed by atoms with van der Waals surface area (Å²) in [6, 6.07) is 24.2. The van der Waals surface area contributed by atoms with Crippen LogP contribution in [0.3, 0.4) is 0 Å². The van der Waals surface area contributed by atoms with Crippen molar-refractivity contribution in [2.75, 3.05) is 0 Å². The first-order valence-electron chi connectivity index (χ1n) is 15.2. The zero-order valence-corrected chi connectivity index (χ0v) is 27.7. The molecule has 0 fully saturated rings. The van der Waals surface area contributed by atoms with Crippen LogP contribution in [0.25, 0.3) is 44.9 Å². The third kappa shape index (κ3) is 6.15. The fourth-order valence-electron chi connectivity index (χ4n) is 5.72. The van der Waals surface area contributed by atoms with E-state index in [1.54, 1.807) is 0 Å². The van der Waals surface area contributed by atoms with Crippen molar-refractivity contribution in [1.82, 2.24) is 15.0 Å². The molecule has 5 rings (SSSR count). The van der Waals surface area contributed by atoms with Crippen LogP contribution in [-0.2, 0) is 17.9 Å². The van der Waals surface area contributed by atoms with Crippen molar-refractivity contribution in [3.05, 3.63) is 107 Å². The highest BCUT2D eigenvalue weighted by Crippen LogP contribution is 2.36. The highest BCUT2D eigenvalue weighted by atomic mass is 15.1. The summed E-state index contributed by atoms with van der Waals surface area (Å²) in [5.74, 6) is 2.38. The van der Waals surface area contributed by atoms with E-state index in [1.165, 1.54) is 55.8 Å². The number of aromatic nitrogens is 4. The van der Waals surface area contributed by atoms with E-state index >= 15 is 0 Å². The molecular formula is C39H45N4+. The van der Waals surface area contributed by atoms with Gasteiger partial charge in [0.1, 0.15) is 18.7 Å². The van der Waals surface area contributed by atoms with Gasteiger partial charge in [-0.25, -0.2) is 19.5 Å². The maximum atomic E-state index is 4.89. The molecule has 0 saturated carbocycles. The average molecular weight is 570 g/mol. The van der Waals surface area contributed by atoms with Crippen LogP contribution in [-0.4, -0.2) is 15.0 Å². The minimum Gasteiger partial charge on any atom is -0.217 e. The lowest BCUT2D eigenvalue weighted by Gasteiger charge is -2.22. The summed E-state index contributed by atoms with van der Waals surface area (Å²) < 4.78 is 2.24. The smallest absolute Gasteiger partial charge is 0.213 e. The van der Waals surface area contributed by atoms with E-state index in [0.717, 1.165) is 23.0 Å². The first-order chi connectivity index (χ1) is 20.1. The van der Waals surface area contributed by atoms with Gasteiger partial charge in [-0.3, -0.25) is 0 Å². The Kier molecular flexibility index (Phi) is 7.85. The molecule has 0 amide bonds. The van der Waals surface area contributed by atoms with Crippen molar-refractivity contribution in [2.24, 2.45) is 7.05 Å². The van der Waals surface area contributed by atoms with Crippen molar-refractivity contribution >= 4 is 0 Å². The first-order valence-corrected chi connectivity index (χ1v) is 15.2. The molecule has 2 heterocycles. The van der Waals surface area contributed by atoms with Gasteiger partial charge in [-0.1, -0.05) is 96.1 Å². The van der Waals surface area contributed by atoms with Gasteiger partial charge < -0.3 is 0 Å². The molecule has 3 aromatic carbocycles. The van der Waals surface area contributed by atoms with E-state index in [0.29, 0.717) is 0 Å². The van der Waals surface area contributed by atoms with E-state index in [4.69, 9.17) is 15.0 Å². The van der Waals surface area contributed by atoms with Gasteiger partial charge in [0.15, 0.2) is 12.0 Å². The van der Waals surface area contributed by atoms with Crippen molar-refractivity contribution in [3.8, 4) is 44.9 Å². The Bertz CT molecular complexity index is 1760. The average Bonchev–Trinajstić information content (AvgIpc) is 2.93. The maximum Gasteiger partial charge on any atom is 0.213 e. The SMILES string of the molecule is Cc1c[n+](C)c(-c2ccccc2C)cc1-c1c(C)cc(-c2ccc(-c3nc(C(C)(C)C)nc(C(C)(C)C)n3)cc2)cc1C. The molecule has 0 unspecified atom stereocenters. The lowest BCUT2D eigenvalue weighted by atomic mass is 9.89. The molecule has 0 aliphatic carbocycles. The quantitative estimate of drug-likeness (QED) is 0.203. The first kappa shape index (κ1) is 30.3. The number of benzene rings is 3. The van der Waals surface area contributed by atoms with Crippen LogP contribution in [0.2, 0.25) is 0 Å². The van der Waals surface area contributed by atoms with E-state index in [-0.39, 0.29) is 10.8 Å². The number of hydrogen-bond acceptors (Lipinski definition) is 3. The van der Waals surface area contributed by atoms with E-state index < -0.39 is 0 Å². The molecule has 0 bridgehead atoms. The second-order valence-corrected chi connectivity index (χ2v) is 14.0. The van der Waals surface area contributed by atoms with Crippen LogP contribution in [0.1, 0.15) is 75.4 Å². The Hall–Kier alpha value is -4.18. The summed E-state index contributed by atoms with van der Waals surface area (Å²) in [7, 11) is 2.13. The molecule has 4 heteroatoms. The molecular weight excluding hydrogens is 524 g/mol. The van der Waals surface area contributed by atoms with Crippen molar-refractivity contribution in [1.29, 1.82) is 0 Å². The third-order valence-corrected chi connectivity index (χ3v) is 8.15. The molecule has 4 nitrogen and oxygen atoms in total. The molecule has 0 saturated heterocycles. The molecule has 0 atom stereocenters. The zero-order valence-electron chi connectivity index (χ0n) is 27.7. The number of aryl methyl sites for hydroxylation is 5. The zero-order chi connectivity index (χ0) is 31.3. The molecule has 0 aliphatic rings. The Morgan fingerprint density at radius 3 is 1.60 bits per heavy atom. The number of pyridine rings is 1. The Morgan fingerprint density at radius 2 is 1.07 bits per heavy atom. The van der Waals surface area contributed by atoms with E-state index in [2.05, 4.69) is 154 Å². The monoisotopic (exact) mass is 569 g/mol. The molecule has 0 radical (unpaired) electrons. The van der Waals surface area contributed by atoms with Crippen LogP contribution < -0.4 is 4.57 Å². The van der Waals surface area contributed by atoms with Gasteiger partial charge in [-0.15, -0.1) is 0 Å². The van der Waals surface area contributed by atoms with Crippen LogP contribution in [0.15, 0.2) is 72.9 Å². The van der Waals surface area contributed by atoms with Gasteiger partial charge in [0, 0.05) is 33.6 Å². The summed E-state index contributed by atoms with van der Waals surface area (Å²) >= 11 is 0. The molecule has 0 spiro atoms. The molecule has 43 heavy (non-hydrogen) atoms. The van der Waals surface area contributed by atoms with Crippen LogP contribution in [0.5, 0.6) is 0 Å². The summed E-state index contributed by atoms with van der Waals surface area (Å²) in [6.07, 6.45) is 2.25. The molecule has 0 N–H and O–H groups in total. The second-order valence-electron chi connectivity index (χ2n) is 14.0. The Morgan fingerprint density at radius 1 is 0.535 bits per heavy atom. The summed E-state index contributed by atoms with van der Waals surface area (Å²) in [4.78, 5) is 14.6. The lowest BCUT2D eigenvalue weighted by Crippen LogP contribution is -2.31. The van der Waals surface area contributed by atoms with Gasteiger partial charge in [-0.05, 0) is 72.7 Å². The summed E-state index contributed by atoms with van der Waals surface area (Å²) in [5, 5.41) is 0. The number of hydrogen-bond donors (Lipinski definition) is 0. The Balaban J connectivity index is 1.53. The van der Waals surface area contributed by atoms with Crippen molar-refractivity contribution in [3.63, 3.8) is 0 Å². The summed E-state index contributed by atoms with van der Waals surface area (Å²) in [5.41, 5.74) is 13.2. The normalized spacial score (nSPS) is 12.1. The Labute approximate surface area is 257 Å². The third-order valence-electron chi connectivity index (χ3n) is 8.15. The fourth-order valence-corrected chi connectivity index (χ4v) is 5.72. The van der Waals surface area contributed by atoms with E-state index in [1.807, 2.05) is 0 Å². The summed E-state index contributed by atoms with van der Waals surface area (Å²) in [6.45, 7) is 21.7. The van der Waals surface area contributed by atoms with Crippen LogP contribution >= 0.6 is 0 Å².